The summed E-state index contributed by atoms with van der Waals surface area (Å²) in [6.45, 7) is 0.536. The van der Waals surface area contributed by atoms with Crippen molar-refractivity contribution in [3.05, 3.63) is 59.9 Å². The lowest BCUT2D eigenvalue weighted by Crippen LogP contribution is -2.07. The van der Waals surface area contributed by atoms with Crippen LogP contribution in [0.2, 0.25) is 0 Å². The highest BCUT2D eigenvalue weighted by atomic mass is 32.2. The van der Waals surface area contributed by atoms with Gasteiger partial charge in [-0.2, -0.15) is 0 Å². The first-order chi connectivity index (χ1) is 9.47. The summed E-state index contributed by atoms with van der Waals surface area (Å²) >= 11 is 0. The minimum Gasteiger partial charge on any atom is -0.382 e. The van der Waals surface area contributed by atoms with Crippen molar-refractivity contribution in [2.45, 2.75) is 11.3 Å². The van der Waals surface area contributed by atoms with E-state index in [-0.39, 0.29) is 10.6 Å². The second-order valence-corrected chi connectivity index (χ2v) is 6.59. The Bertz CT molecular complexity index is 684. The topological polar surface area (TPSA) is 46.2 Å². The van der Waals surface area contributed by atoms with E-state index in [1.807, 2.05) is 30.3 Å². The van der Waals surface area contributed by atoms with Crippen molar-refractivity contribution in [2.75, 3.05) is 18.1 Å². The standard InChI is InChI=1S/C15H16FNO2S/c1-20(18,19)13-7-8-14(16)15(11-13)17-10-9-12-5-3-2-4-6-12/h2-8,11,17H,9-10H2,1H3. The Kier molecular flexibility index (Phi) is 4.39. The van der Waals surface area contributed by atoms with Crippen LogP contribution in [0.1, 0.15) is 5.56 Å². The fraction of sp³-hybridized carbons (Fsp3) is 0.200. The molecule has 20 heavy (non-hydrogen) atoms. The summed E-state index contributed by atoms with van der Waals surface area (Å²) in [4.78, 5) is 0.112. The fourth-order valence-electron chi connectivity index (χ4n) is 1.86. The zero-order valence-electron chi connectivity index (χ0n) is 11.1. The third kappa shape index (κ3) is 3.81. The van der Waals surface area contributed by atoms with Gasteiger partial charge in [-0.25, -0.2) is 12.8 Å². The molecule has 0 saturated carbocycles. The SMILES string of the molecule is CS(=O)(=O)c1ccc(F)c(NCCc2ccccc2)c1. The van der Waals surface area contributed by atoms with Crippen molar-refractivity contribution in [2.24, 2.45) is 0 Å². The van der Waals surface area contributed by atoms with E-state index in [1.165, 1.54) is 18.2 Å². The summed E-state index contributed by atoms with van der Waals surface area (Å²) in [5, 5.41) is 2.93. The first-order valence-electron chi connectivity index (χ1n) is 6.24. The molecule has 0 amide bonds. The van der Waals surface area contributed by atoms with Gasteiger partial charge in [0.15, 0.2) is 9.84 Å². The molecule has 5 heteroatoms. The highest BCUT2D eigenvalue weighted by molar-refractivity contribution is 7.90. The van der Waals surface area contributed by atoms with Crippen LogP contribution in [0.4, 0.5) is 10.1 Å². The lowest BCUT2D eigenvalue weighted by molar-refractivity contribution is 0.600. The fourth-order valence-corrected chi connectivity index (χ4v) is 2.50. The number of nitrogens with one attached hydrogen (secondary N) is 1. The molecule has 0 aromatic heterocycles. The van der Waals surface area contributed by atoms with Crippen molar-refractivity contribution >= 4 is 15.5 Å². The van der Waals surface area contributed by atoms with Crippen LogP contribution in [0, 0.1) is 5.82 Å². The minimum absolute atomic E-state index is 0.112. The van der Waals surface area contributed by atoms with Gasteiger partial charge >= 0.3 is 0 Å². The maximum absolute atomic E-state index is 13.6. The van der Waals surface area contributed by atoms with Gasteiger partial charge in [-0.05, 0) is 30.2 Å². The highest BCUT2D eigenvalue weighted by Gasteiger charge is 2.10. The molecule has 0 heterocycles. The molecule has 1 N–H and O–H groups in total. The molecule has 2 aromatic carbocycles. The van der Waals surface area contributed by atoms with E-state index < -0.39 is 15.7 Å². The molecular formula is C15H16FNO2S. The predicted molar refractivity (Wildman–Crippen MR) is 78.1 cm³/mol. The Morgan fingerprint density at radius 1 is 1.10 bits per heavy atom. The molecule has 3 nitrogen and oxygen atoms in total. The van der Waals surface area contributed by atoms with Gasteiger partial charge in [-0.15, -0.1) is 0 Å². The largest absolute Gasteiger partial charge is 0.382 e. The lowest BCUT2D eigenvalue weighted by Gasteiger charge is -2.09. The van der Waals surface area contributed by atoms with Crippen molar-refractivity contribution in [3.8, 4) is 0 Å². The van der Waals surface area contributed by atoms with Crippen LogP contribution in [0.3, 0.4) is 0 Å². The molecule has 0 bridgehead atoms. The second-order valence-electron chi connectivity index (χ2n) is 4.58. The summed E-state index contributed by atoms with van der Waals surface area (Å²) in [5.74, 6) is -0.453. The van der Waals surface area contributed by atoms with E-state index in [1.54, 1.807) is 0 Å². The van der Waals surface area contributed by atoms with E-state index in [4.69, 9.17) is 0 Å². The Morgan fingerprint density at radius 2 is 1.80 bits per heavy atom. The van der Waals surface area contributed by atoms with Gasteiger partial charge in [0.05, 0.1) is 10.6 Å². The third-order valence-electron chi connectivity index (χ3n) is 2.94. The van der Waals surface area contributed by atoms with Crippen molar-refractivity contribution in [3.63, 3.8) is 0 Å². The summed E-state index contributed by atoms with van der Waals surface area (Å²) in [6.07, 6.45) is 1.84. The third-order valence-corrected chi connectivity index (χ3v) is 4.05. The van der Waals surface area contributed by atoms with E-state index >= 15 is 0 Å². The van der Waals surface area contributed by atoms with Gasteiger partial charge in [0.1, 0.15) is 5.82 Å². The van der Waals surface area contributed by atoms with E-state index in [0.717, 1.165) is 18.2 Å². The number of anilines is 1. The number of benzene rings is 2. The van der Waals surface area contributed by atoms with E-state index in [2.05, 4.69) is 5.32 Å². The lowest BCUT2D eigenvalue weighted by atomic mass is 10.1. The first kappa shape index (κ1) is 14.5. The van der Waals surface area contributed by atoms with Crippen molar-refractivity contribution in [1.82, 2.24) is 0 Å². The van der Waals surface area contributed by atoms with Gasteiger partial charge in [0.25, 0.3) is 0 Å². The summed E-state index contributed by atoms with van der Waals surface area (Å²) in [5.41, 5.74) is 1.35. The number of hydrogen-bond acceptors (Lipinski definition) is 3. The first-order valence-corrected chi connectivity index (χ1v) is 8.13. The minimum atomic E-state index is -3.33. The highest BCUT2D eigenvalue weighted by Crippen LogP contribution is 2.19. The zero-order valence-corrected chi connectivity index (χ0v) is 12.0. The molecule has 0 radical (unpaired) electrons. The summed E-state index contributed by atoms with van der Waals surface area (Å²) in [7, 11) is -3.33. The molecule has 0 fully saturated rings. The molecule has 0 aliphatic rings. The summed E-state index contributed by atoms with van der Waals surface area (Å²) in [6, 6.07) is 13.6. The van der Waals surface area contributed by atoms with Crippen LogP contribution in [0.15, 0.2) is 53.4 Å². The van der Waals surface area contributed by atoms with E-state index in [9.17, 15) is 12.8 Å². The Balaban J connectivity index is 2.06. The second kappa shape index (κ2) is 6.05. The number of hydrogen-bond donors (Lipinski definition) is 1. The van der Waals surface area contributed by atoms with Crippen molar-refractivity contribution in [1.29, 1.82) is 0 Å². The molecule has 0 unspecified atom stereocenters. The zero-order chi connectivity index (χ0) is 14.6. The summed E-state index contributed by atoms with van der Waals surface area (Å²) < 4.78 is 36.5. The quantitative estimate of drug-likeness (QED) is 0.862. The van der Waals surface area contributed by atoms with Gasteiger partial charge in [-0.3, -0.25) is 0 Å². The van der Waals surface area contributed by atoms with Gasteiger partial charge < -0.3 is 5.32 Å². The molecule has 2 aromatic rings. The van der Waals surface area contributed by atoms with E-state index in [0.29, 0.717) is 6.54 Å². The van der Waals surface area contributed by atoms with Crippen LogP contribution in [0.5, 0.6) is 0 Å². The number of rotatable bonds is 5. The molecule has 2 rings (SSSR count). The molecule has 0 aliphatic carbocycles. The molecular weight excluding hydrogens is 277 g/mol. The Hall–Kier alpha value is -1.88. The monoisotopic (exact) mass is 293 g/mol. The van der Waals surface area contributed by atoms with Gasteiger partial charge in [0.2, 0.25) is 0 Å². The molecule has 106 valence electrons. The normalized spacial score (nSPS) is 11.3. The Labute approximate surface area is 118 Å². The average Bonchev–Trinajstić information content (AvgIpc) is 2.41. The maximum atomic E-state index is 13.6. The van der Waals surface area contributed by atoms with Crippen molar-refractivity contribution < 1.29 is 12.8 Å². The predicted octanol–water partition coefficient (Wildman–Crippen LogP) is 2.88. The van der Waals surface area contributed by atoms with Gasteiger partial charge in [-0.1, -0.05) is 30.3 Å². The molecule has 0 saturated heterocycles. The maximum Gasteiger partial charge on any atom is 0.175 e. The van der Waals surface area contributed by atoms with Crippen LogP contribution in [-0.4, -0.2) is 21.2 Å². The van der Waals surface area contributed by atoms with Crippen LogP contribution >= 0.6 is 0 Å². The molecule has 0 aliphatic heterocycles. The van der Waals surface area contributed by atoms with Crippen LogP contribution in [-0.2, 0) is 16.3 Å². The van der Waals surface area contributed by atoms with Crippen LogP contribution in [0.25, 0.3) is 0 Å². The molecule has 0 atom stereocenters. The Morgan fingerprint density at radius 3 is 2.45 bits per heavy atom. The number of halogens is 1. The van der Waals surface area contributed by atoms with Crippen LogP contribution < -0.4 is 5.32 Å². The van der Waals surface area contributed by atoms with Gasteiger partial charge in [0, 0.05) is 12.8 Å². The molecule has 0 spiro atoms. The average molecular weight is 293 g/mol. The number of sulfone groups is 1. The smallest absolute Gasteiger partial charge is 0.175 e.